The number of Topliss-reactive ketones (excluding diaryl/α,β-unsaturated/α-hetero) is 1. The van der Waals surface area contributed by atoms with Crippen molar-refractivity contribution in [2.75, 3.05) is 0 Å². The van der Waals surface area contributed by atoms with Gasteiger partial charge in [0.25, 0.3) is 0 Å². The Labute approximate surface area is 62.8 Å². The van der Waals surface area contributed by atoms with E-state index < -0.39 is 0 Å². The van der Waals surface area contributed by atoms with E-state index in [-0.39, 0.29) is 0 Å². The molecule has 0 heterocycles. The van der Waals surface area contributed by atoms with Gasteiger partial charge in [0.05, 0.1) is 0 Å². The summed E-state index contributed by atoms with van der Waals surface area (Å²) in [6, 6.07) is 0. The van der Waals surface area contributed by atoms with E-state index in [0.29, 0.717) is 11.7 Å². The maximum Gasteiger partial charge on any atom is 0.133 e. The highest BCUT2D eigenvalue weighted by Gasteiger charge is 2.43. The van der Waals surface area contributed by atoms with Crippen molar-refractivity contribution in [1.29, 1.82) is 0 Å². The van der Waals surface area contributed by atoms with E-state index in [1.165, 1.54) is 6.42 Å². The summed E-state index contributed by atoms with van der Waals surface area (Å²) in [6.07, 6.45) is 2.37. The molecule has 1 fully saturated rings. The van der Waals surface area contributed by atoms with Gasteiger partial charge in [-0.15, -0.1) is 0 Å². The lowest BCUT2D eigenvalue weighted by atomic mass is 10.0. The Balaban J connectivity index is 2.31. The fourth-order valence-electron chi connectivity index (χ4n) is 1.61. The molecule has 0 bridgehead atoms. The Morgan fingerprint density at radius 3 is 2.60 bits per heavy atom. The minimum absolute atomic E-state index is 0.394. The largest absolute Gasteiger partial charge is 0.300 e. The van der Waals surface area contributed by atoms with Gasteiger partial charge in [-0.1, -0.05) is 20.3 Å². The molecule has 0 aromatic rings. The van der Waals surface area contributed by atoms with Crippen LogP contribution in [0.15, 0.2) is 0 Å². The SMILES string of the molecule is CCC(C)C1CC1C(C)=O. The van der Waals surface area contributed by atoms with Crippen LogP contribution in [-0.4, -0.2) is 5.78 Å². The first-order valence-electron chi connectivity index (χ1n) is 4.17. The predicted molar refractivity (Wildman–Crippen MR) is 41.7 cm³/mol. The molecule has 0 N–H and O–H groups in total. The van der Waals surface area contributed by atoms with Crippen LogP contribution in [0.5, 0.6) is 0 Å². The van der Waals surface area contributed by atoms with Crippen LogP contribution in [0.3, 0.4) is 0 Å². The minimum atomic E-state index is 0.394. The molecular weight excluding hydrogens is 124 g/mol. The zero-order valence-corrected chi connectivity index (χ0v) is 7.05. The summed E-state index contributed by atoms with van der Waals surface area (Å²) in [5.74, 6) is 2.30. The zero-order chi connectivity index (χ0) is 7.72. The van der Waals surface area contributed by atoms with Crippen molar-refractivity contribution < 1.29 is 4.79 Å². The number of ketones is 1. The normalized spacial score (nSPS) is 33.5. The van der Waals surface area contributed by atoms with Crippen molar-refractivity contribution in [2.45, 2.75) is 33.6 Å². The smallest absolute Gasteiger partial charge is 0.133 e. The first-order chi connectivity index (χ1) is 4.66. The molecule has 3 unspecified atom stereocenters. The van der Waals surface area contributed by atoms with E-state index in [1.54, 1.807) is 6.92 Å². The molecule has 1 saturated carbocycles. The number of carbonyl (C=O) groups excluding carboxylic acids is 1. The lowest BCUT2D eigenvalue weighted by molar-refractivity contribution is -0.118. The molecule has 58 valence electrons. The maximum atomic E-state index is 10.8. The molecule has 1 nitrogen and oxygen atoms in total. The van der Waals surface area contributed by atoms with Crippen LogP contribution in [0.1, 0.15) is 33.6 Å². The summed E-state index contributed by atoms with van der Waals surface area (Å²) in [5.41, 5.74) is 0. The van der Waals surface area contributed by atoms with Crippen molar-refractivity contribution in [3.63, 3.8) is 0 Å². The molecule has 0 saturated heterocycles. The Hall–Kier alpha value is -0.330. The first kappa shape index (κ1) is 7.77. The van der Waals surface area contributed by atoms with Crippen LogP contribution >= 0.6 is 0 Å². The number of hydrogen-bond donors (Lipinski definition) is 0. The van der Waals surface area contributed by atoms with E-state index in [2.05, 4.69) is 13.8 Å². The Morgan fingerprint density at radius 2 is 2.30 bits per heavy atom. The van der Waals surface area contributed by atoms with E-state index >= 15 is 0 Å². The highest BCUT2D eigenvalue weighted by atomic mass is 16.1. The summed E-state index contributed by atoms with van der Waals surface area (Å²) in [6.45, 7) is 6.15. The lowest BCUT2D eigenvalue weighted by Gasteiger charge is -2.04. The molecule has 10 heavy (non-hydrogen) atoms. The van der Waals surface area contributed by atoms with Gasteiger partial charge in [-0.05, 0) is 25.2 Å². The number of carbonyl (C=O) groups is 1. The molecule has 1 rings (SSSR count). The average Bonchev–Trinajstić information content (AvgIpc) is 2.64. The topological polar surface area (TPSA) is 17.1 Å². The van der Waals surface area contributed by atoms with Crippen LogP contribution < -0.4 is 0 Å². The van der Waals surface area contributed by atoms with Crippen LogP contribution in [0.2, 0.25) is 0 Å². The summed E-state index contributed by atoms with van der Waals surface area (Å²) in [4.78, 5) is 10.8. The van der Waals surface area contributed by atoms with Gasteiger partial charge in [0, 0.05) is 5.92 Å². The second-order valence-corrected chi connectivity index (χ2v) is 3.50. The lowest BCUT2D eigenvalue weighted by Crippen LogP contribution is -2.01. The minimum Gasteiger partial charge on any atom is -0.300 e. The van der Waals surface area contributed by atoms with Crippen LogP contribution in [0.25, 0.3) is 0 Å². The number of hydrogen-bond acceptors (Lipinski definition) is 1. The van der Waals surface area contributed by atoms with Crippen LogP contribution in [0, 0.1) is 17.8 Å². The van der Waals surface area contributed by atoms with Gasteiger partial charge in [-0.3, -0.25) is 4.79 Å². The maximum absolute atomic E-state index is 10.8. The fourth-order valence-corrected chi connectivity index (χ4v) is 1.61. The van der Waals surface area contributed by atoms with E-state index in [1.807, 2.05) is 0 Å². The third kappa shape index (κ3) is 1.39. The first-order valence-corrected chi connectivity index (χ1v) is 4.17. The molecule has 0 amide bonds. The van der Waals surface area contributed by atoms with Crippen molar-refractivity contribution >= 4 is 5.78 Å². The molecular formula is C9H16O. The van der Waals surface area contributed by atoms with Gasteiger partial charge < -0.3 is 0 Å². The summed E-state index contributed by atoms with van der Waals surface area (Å²) >= 11 is 0. The Morgan fingerprint density at radius 1 is 1.70 bits per heavy atom. The van der Waals surface area contributed by atoms with Crippen molar-refractivity contribution in [2.24, 2.45) is 17.8 Å². The quantitative estimate of drug-likeness (QED) is 0.587. The van der Waals surface area contributed by atoms with Gasteiger partial charge >= 0.3 is 0 Å². The third-order valence-corrected chi connectivity index (χ3v) is 2.74. The van der Waals surface area contributed by atoms with Gasteiger partial charge in [0.15, 0.2) is 0 Å². The molecule has 3 atom stereocenters. The van der Waals surface area contributed by atoms with Gasteiger partial charge in [0.1, 0.15) is 5.78 Å². The predicted octanol–water partition coefficient (Wildman–Crippen LogP) is 2.26. The van der Waals surface area contributed by atoms with E-state index in [0.717, 1.165) is 18.3 Å². The van der Waals surface area contributed by atoms with Crippen LogP contribution in [-0.2, 0) is 4.79 Å². The van der Waals surface area contributed by atoms with Crippen molar-refractivity contribution in [3.8, 4) is 0 Å². The van der Waals surface area contributed by atoms with E-state index in [9.17, 15) is 4.79 Å². The molecule has 0 spiro atoms. The highest BCUT2D eigenvalue weighted by Crippen LogP contribution is 2.45. The molecule has 0 aromatic carbocycles. The molecule has 1 aliphatic carbocycles. The molecule has 1 aliphatic rings. The van der Waals surface area contributed by atoms with Crippen molar-refractivity contribution in [3.05, 3.63) is 0 Å². The van der Waals surface area contributed by atoms with Gasteiger partial charge in [0.2, 0.25) is 0 Å². The average molecular weight is 140 g/mol. The highest BCUT2D eigenvalue weighted by molar-refractivity contribution is 5.81. The Bertz CT molecular complexity index is 140. The summed E-state index contributed by atoms with van der Waals surface area (Å²) in [7, 11) is 0. The standard InChI is InChI=1S/C9H16O/c1-4-6(2)8-5-9(8)7(3)10/h6,8-9H,4-5H2,1-3H3. The van der Waals surface area contributed by atoms with E-state index in [4.69, 9.17) is 0 Å². The summed E-state index contributed by atoms with van der Waals surface area (Å²) in [5, 5.41) is 0. The Kier molecular flexibility index (Phi) is 2.12. The van der Waals surface area contributed by atoms with Crippen molar-refractivity contribution in [1.82, 2.24) is 0 Å². The summed E-state index contributed by atoms with van der Waals surface area (Å²) < 4.78 is 0. The second-order valence-electron chi connectivity index (χ2n) is 3.50. The zero-order valence-electron chi connectivity index (χ0n) is 7.05. The third-order valence-electron chi connectivity index (χ3n) is 2.74. The molecule has 0 aromatic heterocycles. The van der Waals surface area contributed by atoms with Crippen LogP contribution in [0.4, 0.5) is 0 Å². The fraction of sp³-hybridized carbons (Fsp3) is 0.889. The number of rotatable bonds is 3. The second kappa shape index (κ2) is 2.73. The molecule has 0 aliphatic heterocycles. The van der Waals surface area contributed by atoms with Gasteiger partial charge in [-0.2, -0.15) is 0 Å². The monoisotopic (exact) mass is 140 g/mol. The van der Waals surface area contributed by atoms with Gasteiger partial charge in [-0.25, -0.2) is 0 Å². The molecule has 1 heteroatoms. The molecule has 0 radical (unpaired) electrons.